The van der Waals surface area contributed by atoms with Gasteiger partial charge in [0.25, 0.3) is 0 Å². The van der Waals surface area contributed by atoms with Crippen LogP contribution in [0.1, 0.15) is 34.0 Å². The van der Waals surface area contributed by atoms with Crippen LogP contribution in [0, 0.1) is 13.8 Å². The highest BCUT2D eigenvalue weighted by Crippen LogP contribution is 2.48. The quantitative estimate of drug-likeness (QED) is 0.544. The molecule has 4 rings (SSSR count). The first kappa shape index (κ1) is 13.7. The number of benzene rings is 1. The summed E-state index contributed by atoms with van der Waals surface area (Å²) in [5.41, 5.74) is 4.93. The van der Waals surface area contributed by atoms with Crippen molar-refractivity contribution in [2.75, 3.05) is 0 Å². The summed E-state index contributed by atoms with van der Waals surface area (Å²) in [5, 5.41) is 15.5. The maximum Gasteiger partial charge on any atom is 0.244 e. The number of nitrogens with zero attached hydrogens (tertiary/aromatic N) is 2. The van der Waals surface area contributed by atoms with Gasteiger partial charge in [-0.05, 0) is 31.5 Å². The largest absolute Gasteiger partial charge is 0.417 e. The predicted octanol–water partition coefficient (Wildman–Crippen LogP) is 4.34. The van der Waals surface area contributed by atoms with Gasteiger partial charge in [-0.2, -0.15) is 0 Å². The lowest BCUT2D eigenvalue weighted by atomic mass is 9.84. The number of rotatable bonds is 1. The van der Waals surface area contributed by atoms with Crippen molar-refractivity contribution in [1.29, 1.82) is 0 Å². The number of halogens is 2. The second-order valence-corrected chi connectivity index (χ2v) is 6.16. The highest BCUT2D eigenvalue weighted by molar-refractivity contribution is 6.42. The Balaban J connectivity index is 1.99. The van der Waals surface area contributed by atoms with E-state index in [4.69, 9.17) is 27.9 Å². The molecule has 0 unspecified atom stereocenters. The molecule has 0 saturated carbocycles. The Bertz CT molecular complexity index is 838. The molecule has 0 bridgehead atoms. The molecular formula is C15H12Cl2N4O. The van der Waals surface area contributed by atoms with E-state index in [2.05, 4.69) is 20.4 Å². The minimum Gasteiger partial charge on any atom is -0.417 e. The van der Waals surface area contributed by atoms with Crippen LogP contribution in [0.4, 0.5) is 0 Å². The first-order valence-corrected chi connectivity index (χ1v) is 7.54. The number of nitrogens with one attached hydrogen (secondary N) is 2. The number of hydrogen-bond donors (Lipinski definition) is 2. The second kappa shape index (κ2) is 4.76. The van der Waals surface area contributed by atoms with E-state index in [0.717, 1.165) is 28.1 Å². The summed E-state index contributed by atoms with van der Waals surface area (Å²) >= 11 is 12.3. The molecule has 3 aromatic rings. The van der Waals surface area contributed by atoms with Crippen LogP contribution in [0.25, 0.3) is 0 Å². The molecule has 112 valence electrons. The summed E-state index contributed by atoms with van der Waals surface area (Å²) in [6, 6.07) is 5.65. The van der Waals surface area contributed by atoms with Crippen LogP contribution in [-0.4, -0.2) is 20.4 Å². The van der Waals surface area contributed by atoms with E-state index in [0.29, 0.717) is 21.8 Å². The van der Waals surface area contributed by atoms with Crippen LogP contribution < -0.4 is 4.74 Å². The van der Waals surface area contributed by atoms with E-state index in [1.165, 1.54) is 0 Å². The van der Waals surface area contributed by atoms with Crippen LogP contribution >= 0.6 is 23.2 Å². The fourth-order valence-corrected chi connectivity index (χ4v) is 3.23. The van der Waals surface area contributed by atoms with Crippen LogP contribution in [0.5, 0.6) is 11.8 Å². The monoisotopic (exact) mass is 334 g/mol. The zero-order valence-corrected chi connectivity index (χ0v) is 13.4. The molecular weight excluding hydrogens is 323 g/mol. The van der Waals surface area contributed by atoms with Gasteiger partial charge in [-0.1, -0.05) is 29.3 Å². The van der Waals surface area contributed by atoms with Crippen molar-refractivity contribution < 1.29 is 4.74 Å². The predicted molar refractivity (Wildman–Crippen MR) is 84.1 cm³/mol. The van der Waals surface area contributed by atoms with Crippen molar-refractivity contribution >= 4 is 23.2 Å². The highest BCUT2D eigenvalue weighted by atomic mass is 35.5. The van der Waals surface area contributed by atoms with Crippen LogP contribution in [0.3, 0.4) is 0 Å². The molecule has 7 heteroatoms. The van der Waals surface area contributed by atoms with Crippen molar-refractivity contribution in [2.45, 2.75) is 19.8 Å². The lowest BCUT2D eigenvalue weighted by Gasteiger charge is -2.23. The Kier molecular flexibility index (Phi) is 2.96. The van der Waals surface area contributed by atoms with Crippen LogP contribution in [0.2, 0.25) is 10.0 Å². The zero-order chi connectivity index (χ0) is 15.4. The third-order valence-electron chi connectivity index (χ3n) is 3.97. The third-order valence-corrected chi connectivity index (χ3v) is 4.71. The number of aromatic amines is 2. The fraction of sp³-hybridized carbons (Fsp3) is 0.200. The Morgan fingerprint density at radius 3 is 2.09 bits per heavy atom. The maximum atomic E-state index is 6.20. The van der Waals surface area contributed by atoms with Crippen molar-refractivity contribution in [3.8, 4) is 11.8 Å². The van der Waals surface area contributed by atoms with Crippen molar-refractivity contribution in [3.05, 3.63) is 56.3 Å². The van der Waals surface area contributed by atoms with Crippen molar-refractivity contribution in [3.63, 3.8) is 0 Å². The lowest BCUT2D eigenvalue weighted by Crippen LogP contribution is -2.11. The van der Waals surface area contributed by atoms with Gasteiger partial charge >= 0.3 is 0 Å². The molecule has 0 spiro atoms. The molecule has 1 aliphatic rings. The summed E-state index contributed by atoms with van der Waals surface area (Å²) in [6.07, 6.45) is 0. The molecule has 5 nitrogen and oxygen atoms in total. The van der Waals surface area contributed by atoms with Crippen LogP contribution in [0.15, 0.2) is 18.2 Å². The Morgan fingerprint density at radius 2 is 1.55 bits per heavy atom. The Hall–Kier alpha value is -1.98. The number of aromatic nitrogens is 4. The van der Waals surface area contributed by atoms with E-state index in [9.17, 15) is 0 Å². The maximum absolute atomic E-state index is 6.20. The summed E-state index contributed by atoms with van der Waals surface area (Å²) in [5.74, 6) is 1.05. The molecule has 0 radical (unpaired) electrons. The van der Waals surface area contributed by atoms with E-state index in [1.807, 2.05) is 26.0 Å². The molecule has 0 amide bonds. The minimum atomic E-state index is -0.0500. The minimum absolute atomic E-state index is 0.0500. The lowest BCUT2D eigenvalue weighted by molar-refractivity contribution is 0.418. The van der Waals surface area contributed by atoms with E-state index in [1.54, 1.807) is 6.07 Å². The number of fused-ring (bicyclic) bond motifs is 2. The molecule has 22 heavy (non-hydrogen) atoms. The van der Waals surface area contributed by atoms with Gasteiger partial charge in [-0.25, -0.2) is 0 Å². The number of H-pyrrole nitrogens is 2. The molecule has 0 fully saturated rings. The van der Waals surface area contributed by atoms with E-state index < -0.39 is 0 Å². The normalized spacial score (nSPS) is 13.6. The summed E-state index contributed by atoms with van der Waals surface area (Å²) in [6.45, 7) is 3.94. The number of ether oxygens (including phenoxy) is 1. The molecule has 2 N–H and O–H groups in total. The topological polar surface area (TPSA) is 66.6 Å². The fourth-order valence-electron chi connectivity index (χ4n) is 2.93. The van der Waals surface area contributed by atoms with Gasteiger partial charge in [-0.15, -0.1) is 10.2 Å². The molecule has 3 heterocycles. The zero-order valence-electron chi connectivity index (χ0n) is 11.9. The first-order chi connectivity index (χ1) is 10.6. The SMILES string of the molecule is Cc1[nH]nc2c1C(c1ccc(Cl)c(Cl)c1)c1c(n[nH]c1C)O2. The van der Waals surface area contributed by atoms with Crippen molar-refractivity contribution in [2.24, 2.45) is 0 Å². The van der Waals surface area contributed by atoms with Gasteiger partial charge in [0.2, 0.25) is 11.8 Å². The van der Waals surface area contributed by atoms with E-state index >= 15 is 0 Å². The molecule has 1 aliphatic heterocycles. The van der Waals surface area contributed by atoms with Gasteiger partial charge in [0.15, 0.2) is 0 Å². The van der Waals surface area contributed by atoms with Gasteiger partial charge in [0.1, 0.15) is 0 Å². The standard InChI is InChI=1S/C15H12Cl2N4O/c1-6-11-13(8-3-4-9(16)10(17)5-8)12-7(2)19-21-15(12)22-14(11)20-18-6/h3-5,13H,1-2H3,(H,18,20)(H,19,21). The Morgan fingerprint density at radius 1 is 0.955 bits per heavy atom. The smallest absolute Gasteiger partial charge is 0.244 e. The average Bonchev–Trinajstić information content (AvgIpc) is 3.05. The number of aryl methyl sites for hydroxylation is 2. The molecule has 0 saturated heterocycles. The van der Waals surface area contributed by atoms with Gasteiger partial charge in [0.05, 0.1) is 10.0 Å². The van der Waals surface area contributed by atoms with Crippen molar-refractivity contribution in [1.82, 2.24) is 20.4 Å². The molecule has 2 aromatic heterocycles. The summed E-state index contributed by atoms with van der Waals surface area (Å²) in [7, 11) is 0. The third kappa shape index (κ3) is 1.86. The summed E-state index contributed by atoms with van der Waals surface area (Å²) < 4.78 is 5.78. The van der Waals surface area contributed by atoms with Crippen LogP contribution in [-0.2, 0) is 0 Å². The summed E-state index contributed by atoms with van der Waals surface area (Å²) in [4.78, 5) is 0. The van der Waals surface area contributed by atoms with Gasteiger partial charge < -0.3 is 4.74 Å². The van der Waals surface area contributed by atoms with Gasteiger partial charge in [0, 0.05) is 28.4 Å². The molecule has 1 aromatic carbocycles. The Labute approximate surface area is 136 Å². The molecule has 0 atom stereocenters. The average molecular weight is 335 g/mol. The molecule has 0 aliphatic carbocycles. The first-order valence-electron chi connectivity index (χ1n) is 6.78. The van der Waals surface area contributed by atoms with E-state index in [-0.39, 0.29) is 5.92 Å². The van der Waals surface area contributed by atoms with Gasteiger partial charge in [-0.3, -0.25) is 10.2 Å². The highest BCUT2D eigenvalue weighted by Gasteiger charge is 2.35. The second-order valence-electron chi connectivity index (χ2n) is 5.34. The number of hydrogen-bond acceptors (Lipinski definition) is 3.